The zero-order valence-electron chi connectivity index (χ0n) is 10.8. The molecule has 0 saturated carbocycles. The van der Waals surface area contributed by atoms with E-state index in [1.54, 1.807) is 17.0 Å². The molecule has 1 aliphatic heterocycles. The van der Waals surface area contributed by atoms with Crippen LogP contribution in [0.3, 0.4) is 0 Å². The van der Waals surface area contributed by atoms with Crippen LogP contribution in [0, 0.1) is 5.92 Å². The molecule has 2 unspecified atom stereocenters. The summed E-state index contributed by atoms with van der Waals surface area (Å²) in [5.41, 5.74) is 0.177. The number of nitrogens with zero attached hydrogens (tertiary/aromatic N) is 1. The average molecular weight is 249 g/mol. The van der Waals surface area contributed by atoms with Crippen LogP contribution in [0.15, 0.2) is 18.2 Å². The highest BCUT2D eigenvalue weighted by molar-refractivity contribution is 5.97. The van der Waals surface area contributed by atoms with Crippen molar-refractivity contribution in [2.24, 2.45) is 5.92 Å². The Morgan fingerprint density at radius 2 is 2.00 bits per heavy atom. The number of phenols is 2. The number of carbonyl (C=O) groups excluding carboxylic acids is 1. The van der Waals surface area contributed by atoms with Crippen molar-refractivity contribution < 1.29 is 15.0 Å². The van der Waals surface area contributed by atoms with Crippen molar-refractivity contribution in [1.29, 1.82) is 0 Å². The number of carbonyl (C=O) groups is 1. The average Bonchev–Trinajstić information content (AvgIpc) is 2.35. The molecule has 1 amide bonds. The zero-order valence-corrected chi connectivity index (χ0v) is 10.8. The van der Waals surface area contributed by atoms with Crippen molar-refractivity contribution in [1.82, 2.24) is 4.90 Å². The number of hydrogen-bond acceptors (Lipinski definition) is 3. The summed E-state index contributed by atoms with van der Waals surface area (Å²) in [7, 11) is 0. The summed E-state index contributed by atoms with van der Waals surface area (Å²) in [5, 5.41) is 19.2. The molecule has 1 saturated heterocycles. The number of amides is 1. The third kappa shape index (κ3) is 2.28. The third-order valence-electron chi connectivity index (χ3n) is 3.62. The van der Waals surface area contributed by atoms with E-state index in [2.05, 4.69) is 6.92 Å². The van der Waals surface area contributed by atoms with Crippen molar-refractivity contribution in [3.8, 4) is 11.5 Å². The molecule has 0 spiro atoms. The predicted octanol–water partition coefficient (Wildman–Crippen LogP) is 2.36. The number of piperidine rings is 1. The maximum absolute atomic E-state index is 12.4. The van der Waals surface area contributed by atoms with Crippen LogP contribution in [0.1, 0.15) is 37.0 Å². The lowest BCUT2D eigenvalue weighted by atomic mass is 9.94. The number of aromatic hydroxyl groups is 2. The Morgan fingerprint density at radius 3 is 2.72 bits per heavy atom. The molecule has 0 aliphatic carbocycles. The number of phenolic OH excluding ortho intramolecular Hbond substituents is 2. The molecule has 1 aliphatic rings. The number of benzene rings is 1. The third-order valence-corrected chi connectivity index (χ3v) is 3.62. The SMILES string of the molecule is CC1CCC(C)N(C(=O)c2cccc(O)c2O)C1. The molecule has 0 aromatic heterocycles. The molecule has 4 heteroatoms. The molecule has 98 valence electrons. The van der Waals surface area contributed by atoms with E-state index >= 15 is 0 Å². The van der Waals surface area contributed by atoms with Crippen LogP contribution in [0.2, 0.25) is 0 Å². The van der Waals surface area contributed by atoms with Gasteiger partial charge in [-0.25, -0.2) is 0 Å². The number of likely N-dealkylation sites (tertiary alicyclic amines) is 1. The molecule has 1 heterocycles. The standard InChI is InChI=1S/C14H19NO3/c1-9-6-7-10(2)15(8-9)14(18)11-4-3-5-12(16)13(11)17/h3-5,9-10,16-17H,6-8H2,1-2H3. The van der Waals surface area contributed by atoms with E-state index in [0.29, 0.717) is 12.5 Å². The summed E-state index contributed by atoms with van der Waals surface area (Å²) in [5.74, 6) is -0.307. The monoisotopic (exact) mass is 249 g/mol. The maximum atomic E-state index is 12.4. The number of rotatable bonds is 1. The molecule has 2 rings (SSSR count). The molecule has 2 atom stereocenters. The fourth-order valence-corrected chi connectivity index (χ4v) is 2.43. The summed E-state index contributed by atoms with van der Waals surface area (Å²) in [6.45, 7) is 4.84. The lowest BCUT2D eigenvalue weighted by molar-refractivity contribution is 0.0570. The minimum Gasteiger partial charge on any atom is -0.504 e. The first-order valence-corrected chi connectivity index (χ1v) is 6.32. The first kappa shape index (κ1) is 12.7. The van der Waals surface area contributed by atoms with Gasteiger partial charge in [-0.2, -0.15) is 0 Å². The van der Waals surface area contributed by atoms with Gasteiger partial charge in [0.2, 0.25) is 0 Å². The van der Waals surface area contributed by atoms with Gasteiger partial charge in [-0.15, -0.1) is 0 Å². The van der Waals surface area contributed by atoms with Crippen molar-refractivity contribution in [3.63, 3.8) is 0 Å². The van der Waals surface area contributed by atoms with Gasteiger partial charge in [-0.1, -0.05) is 13.0 Å². The Morgan fingerprint density at radius 1 is 1.28 bits per heavy atom. The smallest absolute Gasteiger partial charge is 0.258 e. The van der Waals surface area contributed by atoms with Crippen LogP contribution in [-0.4, -0.2) is 33.6 Å². The quantitative estimate of drug-likeness (QED) is 0.751. The summed E-state index contributed by atoms with van der Waals surface area (Å²) in [6.07, 6.45) is 2.10. The number of para-hydroxylation sites is 1. The highest BCUT2D eigenvalue weighted by atomic mass is 16.3. The van der Waals surface area contributed by atoms with Crippen LogP contribution in [0.25, 0.3) is 0 Å². The van der Waals surface area contributed by atoms with Gasteiger partial charge >= 0.3 is 0 Å². The molecule has 0 bridgehead atoms. The molecule has 0 radical (unpaired) electrons. The molecule has 1 fully saturated rings. The normalized spacial score (nSPS) is 24.0. The zero-order chi connectivity index (χ0) is 13.3. The Balaban J connectivity index is 2.27. The van der Waals surface area contributed by atoms with E-state index in [-0.39, 0.29) is 29.0 Å². The molecule has 4 nitrogen and oxygen atoms in total. The Bertz CT molecular complexity index is 458. The highest BCUT2D eigenvalue weighted by Crippen LogP contribution is 2.31. The van der Waals surface area contributed by atoms with Crippen LogP contribution in [0.5, 0.6) is 11.5 Å². The summed E-state index contributed by atoms with van der Waals surface area (Å²) >= 11 is 0. The van der Waals surface area contributed by atoms with Crippen molar-refractivity contribution in [2.75, 3.05) is 6.54 Å². The summed E-state index contributed by atoms with van der Waals surface area (Å²) in [6, 6.07) is 4.66. The lowest BCUT2D eigenvalue weighted by Gasteiger charge is -2.37. The second-order valence-corrected chi connectivity index (χ2v) is 5.16. The van der Waals surface area contributed by atoms with E-state index in [1.807, 2.05) is 6.92 Å². The van der Waals surface area contributed by atoms with Gasteiger partial charge in [0, 0.05) is 12.6 Å². The lowest BCUT2D eigenvalue weighted by Crippen LogP contribution is -2.44. The number of hydrogen-bond donors (Lipinski definition) is 2. The van der Waals surface area contributed by atoms with Gasteiger partial charge < -0.3 is 15.1 Å². The van der Waals surface area contributed by atoms with E-state index in [4.69, 9.17) is 0 Å². The van der Waals surface area contributed by atoms with Crippen molar-refractivity contribution in [2.45, 2.75) is 32.7 Å². The first-order chi connectivity index (χ1) is 8.50. The molecule has 18 heavy (non-hydrogen) atoms. The highest BCUT2D eigenvalue weighted by Gasteiger charge is 2.29. The summed E-state index contributed by atoms with van der Waals surface area (Å²) in [4.78, 5) is 14.2. The van der Waals surface area contributed by atoms with Gasteiger partial charge in [0.1, 0.15) is 0 Å². The fourth-order valence-electron chi connectivity index (χ4n) is 2.43. The first-order valence-electron chi connectivity index (χ1n) is 6.32. The topological polar surface area (TPSA) is 60.8 Å². The minimum atomic E-state index is -0.326. The van der Waals surface area contributed by atoms with E-state index in [9.17, 15) is 15.0 Å². The molecule has 1 aromatic carbocycles. The molecular formula is C14H19NO3. The summed E-state index contributed by atoms with van der Waals surface area (Å²) < 4.78 is 0. The minimum absolute atomic E-state index is 0.176. The Hall–Kier alpha value is -1.71. The Labute approximate surface area is 107 Å². The van der Waals surface area contributed by atoms with Crippen LogP contribution in [-0.2, 0) is 0 Å². The van der Waals surface area contributed by atoms with Crippen molar-refractivity contribution >= 4 is 5.91 Å². The molecule has 2 N–H and O–H groups in total. The molecular weight excluding hydrogens is 230 g/mol. The maximum Gasteiger partial charge on any atom is 0.258 e. The predicted molar refractivity (Wildman–Crippen MR) is 68.7 cm³/mol. The van der Waals surface area contributed by atoms with Gasteiger partial charge in [-0.05, 0) is 37.8 Å². The molecule has 1 aromatic rings. The largest absolute Gasteiger partial charge is 0.504 e. The van der Waals surface area contributed by atoms with Gasteiger partial charge in [0.15, 0.2) is 11.5 Å². The van der Waals surface area contributed by atoms with Gasteiger partial charge in [0.25, 0.3) is 5.91 Å². The van der Waals surface area contributed by atoms with E-state index in [1.165, 1.54) is 6.07 Å². The van der Waals surface area contributed by atoms with Crippen LogP contribution < -0.4 is 0 Å². The van der Waals surface area contributed by atoms with E-state index < -0.39 is 0 Å². The second kappa shape index (κ2) is 4.88. The van der Waals surface area contributed by atoms with Gasteiger partial charge in [-0.3, -0.25) is 4.79 Å². The fraction of sp³-hybridized carbons (Fsp3) is 0.500. The van der Waals surface area contributed by atoms with Gasteiger partial charge in [0.05, 0.1) is 5.56 Å². The second-order valence-electron chi connectivity index (χ2n) is 5.16. The Kier molecular flexibility index (Phi) is 3.45. The van der Waals surface area contributed by atoms with Crippen LogP contribution in [0.4, 0.5) is 0 Å². The van der Waals surface area contributed by atoms with Crippen molar-refractivity contribution in [3.05, 3.63) is 23.8 Å². The van der Waals surface area contributed by atoms with Crippen LogP contribution >= 0.6 is 0 Å². The van der Waals surface area contributed by atoms with E-state index in [0.717, 1.165) is 12.8 Å².